The Bertz CT molecular complexity index is 1110. The summed E-state index contributed by atoms with van der Waals surface area (Å²) in [5.74, 6) is 0.413. The van der Waals surface area contributed by atoms with Crippen LogP contribution in [0.2, 0.25) is 0 Å². The zero-order valence-corrected chi connectivity index (χ0v) is 17.5. The molecule has 1 aliphatic carbocycles. The van der Waals surface area contributed by atoms with Crippen molar-refractivity contribution >= 4 is 5.91 Å². The average Bonchev–Trinajstić information content (AvgIpc) is 3.35. The SMILES string of the molecule is Cn1cc(-c2ccc(-c3cccc4c3C(=O)N(C(C3CC3)C(C)(C)O)C4)cc2)nn1. The maximum Gasteiger partial charge on any atom is 0.255 e. The number of benzene rings is 2. The van der Waals surface area contributed by atoms with Crippen LogP contribution in [0.3, 0.4) is 0 Å². The van der Waals surface area contributed by atoms with Crippen molar-refractivity contribution in [3.8, 4) is 22.4 Å². The van der Waals surface area contributed by atoms with Crippen LogP contribution in [-0.2, 0) is 13.6 Å². The molecule has 2 aliphatic rings. The van der Waals surface area contributed by atoms with Crippen LogP contribution >= 0.6 is 0 Å². The molecule has 6 heteroatoms. The van der Waals surface area contributed by atoms with E-state index < -0.39 is 5.60 Å². The number of nitrogens with zero attached hydrogens (tertiary/aromatic N) is 4. The molecule has 2 aromatic carbocycles. The summed E-state index contributed by atoms with van der Waals surface area (Å²) < 4.78 is 1.68. The third kappa shape index (κ3) is 3.21. The molecule has 1 aromatic heterocycles. The van der Waals surface area contributed by atoms with E-state index in [1.807, 2.05) is 74.5 Å². The minimum absolute atomic E-state index is 0.0256. The molecule has 154 valence electrons. The summed E-state index contributed by atoms with van der Waals surface area (Å²) in [6.07, 6.45) is 4.03. The molecule has 2 heterocycles. The number of rotatable bonds is 5. The Labute approximate surface area is 176 Å². The van der Waals surface area contributed by atoms with Crippen LogP contribution < -0.4 is 0 Å². The topological polar surface area (TPSA) is 71.2 Å². The van der Waals surface area contributed by atoms with Gasteiger partial charge in [-0.15, -0.1) is 5.10 Å². The number of amides is 1. The Morgan fingerprint density at radius 1 is 1.10 bits per heavy atom. The Morgan fingerprint density at radius 2 is 1.80 bits per heavy atom. The lowest BCUT2D eigenvalue weighted by molar-refractivity contribution is -0.0224. The summed E-state index contributed by atoms with van der Waals surface area (Å²) in [5.41, 5.74) is 4.63. The smallest absolute Gasteiger partial charge is 0.255 e. The Balaban J connectivity index is 1.49. The van der Waals surface area contributed by atoms with Crippen molar-refractivity contribution in [3.05, 3.63) is 59.8 Å². The number of aromatic nitrogens is 3. The molecule has 1 aliphatic heterocycles. The van der Waals surface area contributed by atoms with Gasteiger partial charge in [-0.05, 0) is 49.3 Å². The molecule has 1 saturated carbocycles. The van der Waals surface area contributed by atoms with Gasteiger partial charge in [-0.25, -0.2) is 0 Å². The van der Waals surface area contributed by atoms with E-state index in [0.29, 0.717) is 12.5 Å². The first-order chi connectivity index (χ1) is 14.3. The highest BCUT2D eigenvalue weighted by molar-refractivity contribution is 6.04. The maximum atomic E-state index is 13.5. The minimum Gasteiger partial charge on any atom is -0.388 e. The van der Waals surface area contributed by atoms with E-state index in [1.54, 1.807) is 4.68 Å². The fourth-order valence-electron chi connectivity index (χ4n) is 4.77. The first kappa shape index (κ1) is 19.0. The second kappa shape index (κ2) is 6.77. The third-order valence-electron chi connectivity index (χ3n) is 6.19. The van der Waals surface area contributed by atoms with E-state index in [-0.39, 0.29) is 11.9 Å². The van der Waals surface area contributed by atoms with Crippen molar-refractivity contribution in [3.63, 3.8) is 0 Å². The fraction of sp³-hybridized carbons (Fsp3) is 0.375. The number of aliphatic hydroxyl groups is 1. The first-order valence-corrected chi connectivity index (χ1v) is 10.5. The highest BCUT2D eigenvalue weighted by atomic mass is 16.3. The number of hydrogen-bond acceptors (Lipinski definition) is 4. The molecule has 0 bridgehead atoms. The van der Waals surface area contributed by atoms with Crippen molar-refractivity contribution in [1.82, 2.24) is 19.9 Å². The van der Waals surface area contributed by atoms with Gasteiger partial charge in [0.15, 0.2) is 0 Å². The van der Waals surface area contributed by atoms with Crippen LogP contribution in [0.15, 0.2) is 48.7 Å². The predicted octanol–water partition coefficient (Wildman–Crippen LogP) is 3.65. The van der Waals surface area contributed by atoms with Crippen molar-refractivity contribution in [2.24, 2.45) is 13.0 Å². The molecule has 1 atom stereocenters. The van der Waals surface area contributed by atoms with Gasteiger partial charge in [0, 0.05) is 19.2 Å². The monoisotopic (exact) mass is 402 g/mol. The lowest BCUT2D eigenvalue weighted by atomic mass is 9.92. The predicted molar refractivity (Wildman–Crippen MR) is 115 cm³/mol. The summed E-state index contributed by atoms with van der Waals surface area (Å²) in [6, 6.07) is 14.0. The molecule has 3 aromatic rings. The summed E-state index contributed by atoms with van der Waals surface area (Å²) in [7, 11) is 1.85. The molecule has 1 N–H and O–H groups in total. The van der Waals surface area contributed by atoms with Crippen molar-refractivity contribution in [1.29, 1.82) is 0 Å². The van der Waals surface area contributed by atoms with E-state index in [4.69, 9.17) is 0 Å². The molecule has 1 amide bonds. The first-order valence-electron chi connectivity index (χ1n) is 10.5. The van der Waals surface area contributed by atoms with E-state index in [1.165, 1.54) is 0 Å². The quantitative estimate of drug-likeness (QED) is 0.707. The summed E-state index contributed by atoms with van der Waals surface area (Å²) in [5, 5.41) is 18.9. The maximum absolute atomic E-state index is 13.5. The molecule has 0 saturated heterocycles. The van der Waals surface area contributed by atoms with E-state index in [9.17, 15) is 9.90 Å². The molecule has 0 radical (unpaired) electrons. The highest BCUT2D eigenvalue weighted by Gasteiger charge is 2.48. The summed E-state index contributed by atoms with van der Waals surface area (Å²) in [6.45, 7) is 4.20. The molecule has 0 spiro atoms. The van der Waals surface area contributed by atoms with Gasteiger partial charge in [0.2, 0.25) is 0 Å². The average molecular weight is 402 g/mol. The normalized spacial score (nSPS) is 17.3. The van der Waals surface area contributed by atoms with Crippen LogP contribution in [0, 0.1) is 5.92 Å². The van der Waals surface area contributed by atoms with Gasteiger partial charge in [-0.2, -0.15) is 0 Å². The standard InChI is InChI=1S/C24H26N4O2/c1-24(2,30)22(17-11-12-17)28-13-18-5-4-6-19(21(18)23(28)29)15-7-9-16(10-8-15)20-14-27(3)26-25-20/h4-10,14,17,22,30H,11-13H2,1-3H3. The van der Waals surface area contributed by atoms with Crippen LogP contribution in [-0.4, -0.2) is 42.6 Å². The number of aryl methyl sites for hydroxylation is 1. The number of carbonyl (C=O) groups is 1. The Kier molecular flexibility index (Phi) is 4.29. The zero-order valence-electron chi connectivity index (χ0n) is 17.5. The molecule has 6 nitrogen and oxygen atoms in total. The lowest BCUT2D eigenvalue weighted by Crippen LogP contribution is -2.51. The van der Waals surface area contributed by atoms with Crippen LogP contribution in [0.25, 0.3) is 22.4 Å². The summed E-state index contributed by atoms with van der Waals surface area (Å²) in [4.78, 5) is 15.4. The van der Waals surface area contributed by atoms with Crippen LogP contribution in [0.5, 0.6) is 0 Å². The van der Waals surface area contributed by atoms with E-state index in [2.05, 4.69) is 10.3 Å². The van der Waals surface area contributed by atoms with Crippen LogP contribution in [0.1, 0.15) is 42.6 Å². The lowest BCUT2D eigenvalue weighted by Gasteiger charge is -2.37. The van der Waals surface area contributed by atoms with E-state index >= 15 is 0 Å². The third-order valence-corrected chi connectivity index (χ3v) is 6.19. The molecular formula is C24H26N4O2. The Hall–Kier alpha value is -2.99. The molecule has 1 fully saturated rings. The molecule has 5 rings (SSSR count). The van der Waals surface area contributed by atoms with Crippen molar-refractivity contribution in [2.45, 2.75) is 44.9 Å². The van der Waals surface area contributed by atoms with Gasteiger partial charge in [0.25, 0.3) is 5.91 Å². The zero-order chi connectivity index (χ0) is 21.0. The highest BCUT2D eigenvalue weighted by Crippen LogP contribution is 2.44. The van der Waals surface area contributed by atoms with E-state index in [0.717, 1.165) is 46.4 Å². The Morgan fingerprint density at radius 3 is 2.40 bits per heavy atom. The summed E-state index contributed by atoms with van der Waals surface area (Å²) >= 11 is 0. The van der Waals surface area contributed by atoms with Crippen molar-refractivity contribution < 1.29 is 9.90 Å². The van der Waals surface area contributed by atoms with Gasteiger partial charge in [0.05, 0.1) is 23.4 Å². The second-order valence-electron chi connectivity index (χ2n) is 9.06. The van der Waals surface area contributed by atoms with Gasteiger partial charge in [-0.1, -0.05) is 47.7 Å². The largest absolute Gasteiger partial charge is 0.388 e. The van der Waals surface area contributed by atoms with Gasteiger partial charge < -0.3 is 10.0 Å². The van der Waals surface area contributed by atoms with Gasteiger partial charge >= 0.3 is 0 Å². The second-order valence-corrected chi connectivity index (χ2v) is 9.06. The number of carbonyl (C=O) groups excluding carboxylic acids is 1. The van der Waals surface area contributed by atoms with Crippen LogP contribution in [0.4, 0.5) is 0 Å². The number of hydrogen-bond donors (Lipinski definition) is 1. The molecule has 1 unspecified atom stereocenters. The van der Waals surface area contributed by atoms with Gasteiger partial charge in [0.1, 0.15) is 5.69 Å². The van der Waals surface area contributed by atoms with Crippen molar-refractivity contribution in [2.75, 3.05) is 0 Å². The minimum atomic E-state index is -0.919. The molecular weight excluding hydrogens is 376 g/mol. The van der Waals surface area contributed by atoms with Gasteiger partial charge in [-0.3, -0.25) is 9.48 Å². The fourth-order valence-corrected chi connectivity index (χ4v) is 4.77. The molecule has 30 heavy (non-hydrogen) atoms. The number of fused-ring (bicyclic) bond motifs is 1.